The number of benzene rings is 1. The average molecular weight is 200 g/mol. The van der Waals surface area contributed by atoms with Crippen molar-refractivity contribution in [3.63, 3.8) is 0 Å². The molecule has 0 saturated heterocycles. The highest BCUT2D eigenvalue weighted by molar-refractivity contribution is 6.32. The Morgan fingerprint density at radius 3 is 2.85 bits per heavy atom. The van der Waals surface area contributed by atoms with Crippen molar-refractivity contribution in [2.75, 3.05) is 13.2 Å². The van der Waals surface area contributed by atoms with Gasteiger partial charge in [-0.15, -0.1) is 0 Å². The number of nitrogens with two attached hydrogens (primary N) is 1. The molecule has 0 radical (unpaired) electrons. The van der Waals surface area contributed by atoms with Crippen LogP contribution in [-0.2, 0) is 0 Å². The topological polar surface area (TPSA) is 35.2 Å². The van der Waals surface area contributed by atoms with E-state index in [1.807, 2.05) is 25.1 Å². The van der Waals surface area contributed by atoms with Gasteiger partial charge in [0.1, 0.15) is 5.75 Å². The lowest BCUT2D eigenvalue weighted by atomic mass is 10.2. The Labute approximate surface area is 83.6 Å². The summed E-state index contributed by atoms with van der Waals surface area (Å²) in [6, 6.07) is 5.75. The predicted molar refractivity (Wildman–Crippen MR) is 55.4 cm³/mol. The molecule has 0 atom stereocenters. The van der Waals surface area contributed by atoms with Crippen LogP contribution in [0.2, 0.25) is 5.02 Å². The number of ether oxygens (including phenoxy) is 1. The van der Waals surface area contributed by atoms with Crippen molar-refractivity contribution in [3.05, 3.63) is 28.8 Å². The molecule has 0 aliphatic rings. The molecule has 0 spiro atoms. The first kappa shape index (κ1) is 10.4. The summed E-state index contributed by atoms with van der Waals surface area (Å²) < 4.78 is 5.42. The van der Waals surface area contributed by atoms with Crippen LogP contribution >= 0.6 is 11.6 Å². The zero-order valence-electron chi connectivity index (χ0n) is 7.72. The fraction of sp³-hybridized carbons (Fsp3) is 0.400. The summed E-state index contributed by atoms with van der Waals surface area (Å²) in [5.41, 5.74) is 6.48. The van der Waals surface area contributed by atoms with E-state index in [4.69, 9.17) is 22.1 Å². The van der Waals surface area contributed by atoms with Crippen LogP contribution in [-0.4, -0.2) is 13.2 Å². The summed E-state index contributed by atoms with van der Waals surface area (Å²) in [6.45, 7) is 3.26. The highest BCUT2D eigenvalue weighted by Gasteiger charge is 2.00. The van der Waals surface area contributed by atoms with Crippen molar-refractivity contribution in [1.29, 1.82) is 0 Å². The molecular formula is C10H14ClNO. The second-order valence-electron chi connectivity index (χ2n) is 2.92. The summed E-state index contributed by atoms with van der Waals surface area (Å²) in [6.07, 6.45) is 0.851. The van der Waals surface area contributed by atoms with Crippen LogP contribution in [0.3, 0.4) is 0 Å². The summed E-state index contributed by atoms with van der Waals surface area (Å²) >= 11 is 5.95. The number of halogens is 1. The minimum Gasteiger partial charge on any atom is -0.492 e. The van der Waals surface area contributed by atoms with E-state index in [0.717, 1.165) is 17.7 Å². The van der Waals surface area contributed by atoms with Gasteiger partial charge in [0.25, 0.3) is 0 Å². The molecule has 0 amide bonds. The monoisotopic (exact) mass is 199 g/mol. The van der Waals surface area contributed by atoms with E-state index in [2.05, 4.69) is 0 Å². The van der Waals surface area contributed by atoms with Gasteiger partial charge in [-0.1, -0.05) is 17.7 Å². The van der Waals surface area contributed by atoms with Gasteiger partial charge >= 0.3 is 0 Å². The first-order valence-corrected chi connectivity index (χ1v) is 4.71. The van der Waals surface area contributed by atoms with Gasteiger partial charge in [-0.3, -0.25) is 0 Å². The third-order valence-electron chi connectivity index (χ3n) is 1.69. The van der Waals surface area contributed by atoms with Crippen LogP contribution in [0.25, 0.3) is 0 Å². The molecule has 0 bridgehead atoms. The molecule has 2 nitrogen and oxygen atoms in total. The first-order valence-electron chi connectivity index (χ1n) is 4.33. The molecule has 13 heavy (non-hydrogen) atoms. The molecule has 0 saturated carbocycles. The Hall–Kier alpha value is -0.730. The molecular weight excluding hydrogens is 186 g/mol. The SMILES string of the molecule is Cc1ccc(OCCCN)c(Cl)c1. The molecule has 0 aliphatic heterocycles. The third kappa shape index (κ3) is 3.25. The van der Waals surface area contributed by atoms with E-state index in [-0.39, 0.29) is 0 Å². The maximum atomic E-state index is 5.95. The van der Waals surface area contributed by atoms with Crippen LogP contribution in [0, 0.1) is 6.92 Å². The molecule has 0 aliphatic carbocycles. The molecule has 2 N–H and O–H groups in total. The van der Waals surface area contributed by atoms with Crippen LogP contribution in [0.5, 0.6) is 5.75 Å². The average Bonchev–Trinajstić information content (AvgIpc) is 2.09. The van der Waals surface area contributed by atoms with Gasteiger partial charge in [0.05, 0.1) is 11.6 Å². The summed E-state index contributed by atoms with van der Waals surface area (Å²) in [5, 5.41) is 0.664. The van der Waals surface area contributed by atoms with Crippen LogP contribution in [0.4, 0.5) is 0 Å². The predicted octanol–water partition coefficient (Wildman–Crippen LogP) is 2.38. The Morgan fingerprint density at radius 1 is 1.46 bits per heavy atom. The van der Waals surface area contributed by atoms with Crippen molar-refractivity contribution in [3.8, 4) is 5.75 Å². The van der Waals surface area contributed by atoms with E-state index in [9.17, 15) is 0 Å². The van der Waals surface area contributed by atoms with Gasteiger partial charge < -0.3 is 10.5 Å². The standard InChI is InChI=1S/C10H14ClNO/c1-8-3-4-10(9(11)7-8)13-6-2-5-12/h3-4,7H,2,5-6,12H2,1H3. The molecule has 1 rings (SSSR count). The molecule has 0 fully saturated rings. The van der Waals surface area contributed by atoms with Crippen LogP contribution < -0.4 is 10.5 Å². The fourth-order valence-electron chi connectivity index (χ4n) is 0.988. The van der Waals surface area contributed by atoms with Crippen molar-refractivity contribution in [1.82, 2.24) is 0 Å². The van der Waals surface area contributed by atoms with Gasteiger partial charge in [-0.05, 0) is 37.6 Å². The molecule has 1 aromatic carbocycles. The summed E-state index contributed by atoms with van der Waals surface area (Å²) in [4.78, 5) is 0. The molecule has 1 aromatic rings. The van der Waals surface area contributed by atoms with Crippen LogP contribution in [0.15, 0.2) is 18.2 Å². The maximum Gasteiger partial charge on any atom is 0.137 e. The lowest BCUT2D eigenvalue weighted by Gasteiger charge is -2.07. The Bertz CT molecular complexity index is 276. The van der Waals surface area contributed by atoms with E-state index in [1.54, 1.807) is 0 Å². The lowest BCUT2D eigenvalue weighted by Crippen LogP contribution is -2.06. The number of hydrogen-bond donors (Lipinski definition) is 1. The fourth-order valence-corrected chi connectivity index (χ4v) is 1.28. The second-order valence-corrected chi connectivity index (χ2v) is 3.33. The second kappa shape index (κ2) is 5.10. The van der Waals surface area contributed by atoms with Crippen molar-refractivity contribution >= 4 is 11.6 Å². The highest BCUT2D eigenvalue weighted by Crippen LogP contribution is 2.24. The van der Waals surface area contributed by atoms with E-state index < -0.39 is 0 Å². The number of aryl methyl sites for hydroxylation is 1. The quantitative estimate of drug-likeness (QED) is 0.756. The zero-order valence-corrected chi connectivity index (χ0v) is 8.47. The molecule has 0 heterocycles. The summed E-state index contributed by atoms with van der Waals surface area (Å²) in [5.74, 6) is 0.737. The largest absolute Gasteiger partial charge is 0.492 e. The number of hydrogen-bond acceptors (Lipinski definition) is 2. The Morgan fingerprint density at radius 2 is 2.23 bits per heavy atom. The molecule has 0 aromatic heterocycles. The minimum atomic E-state index is 0.624. The molecule has 72 valence electrons. The lowest BCUT2D eigenvalue weighted by molar-refractivity contribution is 0.313. The number of rotatable bonds is 4. The maximum absolute atomic E-state index is 5.95. The minimum absolute atomic E-state index is 0.624. The highest BCUT2D eigenvalue weighted by atomic mass is 35.5. The van der Waals surface area contributed by atoms with Crippen molar-refractivity contribution in [2.45, 2.75) is 13.3 Å². The van der Waals surface area contributed by atoms with E-state index >= 15 is 0 Å². The van der Waals surface area contributed by atoms with Gasteiger partial charge in [0, 0.05) is 0 Å². The van der Waals surface area contributed by atoms with Crippen LogP contribution in [0.1, 0.15) is 12.0 Å². The summed E-state index contributed by atoms with van der Waals surface area (Å²) in [7, 11) is 0. The normalized spacial score (nSPS) is 10.1. The Balaban J connectivity index is 2.56. The van der Waals surface area contributed by atoms with Gasteiger partial charge in [0.15, 0.2) is 0 Å². The van der Waals surface area contributed by atoms with Gasteiger partial charge in [0.2, 0.25) is 0 Å². The van der Waals surface area contributed by atoms with E-state index in [0.29, 0.717) is 18.2 Å². The van der Waals surface area contributed by atoms with Gasteiger partial charge in [-0.25, -0.2) is 0 Å². The molecule has 3 heteroatoms. The smallest absolute Gasteiger partial charge is 0.137 e. The van der Waals surface area contributed by atoms with E-state index in [1.165, 1.54) is 0 Å². The zero-order chi connectivity index (χ0) is 9.68. The third-order valence-corrected chi connectivity index (χ3v) is 1.99. The van der Waals surface area contributed by atoms with Crippen molar-refractivity contribution < 1.29 is 4.74 Å². The Kier molecular flexibility index (Phi) is 4.06. The first-order chi connectivity index (χ1) is 6.24. The van der Waals surface area contributed by atoms with Crippen molar-refractivity contribution in [2.24, 2.45) is 5.73 Å². The van der Waals surface area contributed by atoms with Gasteiger partial charge in [-0.2, -0.15) is 0 Å². The molecule has 0 unspecified atom stereocenters.